The van der Waals surface area contributed by atoms with Gasteiger partial charge in [-0.2, -0.15) is 11.8 Å². The zero-order chi connectivity index (χ0) is 13.0. The van der Waals surface area contributed by atoms with Crippen LogP contribution in [0.3, 0.4) is 0 Å². The summed E-state index contributed by atoms with van der Waals surface area (Å²) in [5, 5.41) is 3.76. The number of thiazole rings is 1. The molecule has 1 aromatic carbocycles. The quantitative estimate of drug-likeness (QED) is 0.901. The van der Waals surface area contributed by atoms with Gasteiger partial charge in [0.05, 0.1) is 5.69 Å². The Hall–Kier alpha value is -0.840. The molecule has 0 atom stereocenters. The molecule has 96 valence electrons. The number of rotatable bonds is 5. The van der Waals surface area contributed by atoms with Gasteiger partial charge in [0.2, 0.25) is 0 Å². The van der Waals surface area contributed by atoms with Gasteiger partial charge in [-0.1, -0.05) is 38.1 Å². The van der Waals surface area contributed by atoms with Crippen LogP contribution in [-0.4, -0.2) is 10.2 Å². The maximum atomic E-state index is 5.57. The van der Waals surface area contributed by atoms with E-state index in [1.165, 1.54) is 11.1 Å². The summed E-state index contributed by atoms with van der Waals surface area (Å²) < 4.78 is 0. The van der Waals surface area contributed by atoms with Crippen LogP contribution in [0.5, 0.6) is 0 Å². The fraction of sp³-hybridized carbons (Fsp3) is 0.357. The standard InChI is InChI=1S/C14H18N2S2/c1-10(2)17-8-11-3-5-12(6-4-11)14-16-13(7-15)9-18-14/h3-6,9-10H,7-8,15H2,1-2H3. The summed E-state index contributed by atoms with van der Waals surface area (Å²) in [6, 6.07) is 8.67. The lowest BCUT2D eigenvalue weighted by atomic mass is 10.2. The van der Waals surface area contributed by atoms with E-state index in [2.05, 4.69) is 43.1 Å². The average Bonchev–Trinajstić information content (AvgIpc) is 2.85. The number of nitrogens with two attached hydrogens (primary N) is 1. The lowest BCUT2D eigenvalue weighted by Crippen LogP contribution is -1.95. The zero-order valence-electron chi connectivity index (χ0n) is 10.7. The van der Waals surface area contributed by atoms with Gasteiger partial charge in [-0.05, 0) is 10.8 Å². The molecule has 2 nitrogen and oxygen atoms in total. The van der Waals surface area contributed by atoms with Crippen molar-refractivity contribution in [1.29, 1.82) is 0 Å². The van der Waals surface area contributed by atoms with Gasteiger partial charge < -0.3 is 5.73 Å². The lowest BCUT2D eigenvalue weighted by molar-refractivity contribution is 1.01. The van der Waals surface area contributed by atoms with Crippen LogP contribution >= 0.6 is 23.1 Å². The van der Waals surface area contributed by atoms with Gasteiger partial charge in [0.25, 0.3) is 0 Å². The van der Waals surface area contributed by atoms with Crippen LogP contribution in [0.25, 0.3) is 10.6 Å². The van der Waals surface area contributed by atoms with Crippen LogP contribution in [-0.2, 0) is 12.3 Å². The van der Waals surface area contributed by atoms with Crippen molar-refractivity contribution in [3.8, 4) is 10.6 Å². The second kappa shape index (κ2) is 6.36. The van der Waals surface area contributed by atoms with Crippen LogP contribution in [0.2, 0.25) is 0 Å². The van der Waals surface area contributed by atoms with Gasteiger partial charge in [-0.15, -0.1) is 11.3 Å². The molecule has 0 saturated carbocycles. The number of nitrogens with zero attached hydrogens (tertiary/aromatic N) is 1. The predicted molar refractivity (Wildman–Crippen MR) is 81.9 cm³/mol. The molecule has 2 N–H and O–H groups in total. The van der Waals surface area contributed by atoms with E-state index >= 15 is 0 Å². The molecule has 0 aliphatic rings. The fourth-order valence-electron chi connectivity index (χ4n) is 1.54. The molecule has 1 heterocycles. The summed E-state index contributed by atoms with van der Waals surface area (Å²) in [6.07, 6.45) is 0. The van der Waals surface area contributed by atoms with Crippen molar-refractivity contribution in [1.82, 2.24) is 4.98 Å². The lowest BCUT2D eigenvalue weighted by Gasteiger charge is -2.05. The molecule has 2 rings (SSSR count). The highest BCUT2D eigenvalue weighted by atomic mass is 32.2. The smallest absolute Gasteiger partial charge is 0.123 e. The molecule has 0 bridgehead atoms. The topological polar surface area (TPSA) is 38.9 Å². The summed E-state index contributed by atoms with van der Waals surface area (Å²) in [5.41, 5.74) is 9.09. The Bertz CT molecular complexity index is 489. The minimum absolute atomic E-state index is 0.514. The Kier molecular flexibility index (Phi) is 4.80. The minimum atomic E-state index is 0.514. The molecule has 18 heavy (non-hydrogen) atoms. The third kappa shape index (κ3) is 3.57. The Labute approximate surface area is 117 Å². The third-order valence-corrected chi connectivity index (χ3v) is 4.65. The molecule has 4 heteroatoms. The molecule has 0 radical (unpaired) electrons. The van der Waals surface area contributed by atoms with Gasteiger partial charge in [-0.3, -0.25) is 0 Å². The van der Waals surface area contributed by atoms with Crippen LogP contribution in [0.15, 0.2) is 29.6 Å². The summed E-state index contributed by atoms with van der Waals surface area (Å²) in [6.45, 7) is 4.96. The number of aromatic nitrogens is 1. The van der Waals surface area contributed by atoms with Crippen molar-refractivity contribution < 1.29 is 0 Å². The Morgan fingerprint density at radius 1 is 1.28 bits per heavy atom. The maximum Gasteiger partial charge on any atom is 0.123 e. The SMILES string of the molecule is CC(C)SCc1ccc(-c2nc(CN)cs2)cc1. The van der Waals surface area contributed by atoms with Crippen LogP contribution in [0.1, 0.15) is 25.1 Å². The van der Waals surface area contributed by atoms with Crippen molar-refractivity contribution in [3.63, 3.8) is 0 Å². The summed E-state index contributed by atoms with van der Waals surface area (Å²) in [5.74, 6) is 1.07. The number of benzene rings is 1. The number of hydrogen-bond acceptors (Lipinski definition) is 4. The highest BCUT2D eigenvalue weighted by molar-refractivity contribution is 7.99. The van der Waals surface area contributed by atoms with Crippen molar-refractivity contribution >= 4 is 23.1 Å². The molecule has 1 aromatic heterocycles. The molecule has 0 amide bonds. The number of hydrogen-bond donors (Lipinski definition) is 1. The Morgan fingerprint density at radius 2 is 2.00 bits per heavy atom. The van der Waals surface area contributed by atoms with Crippen molar-refractivity contribution in [3.05, 3.63) is 40.9 Å². The van der Waals surface area contributed by atoms with E-state index in [1.54, 1.807) is 11.3 Å². The molecular formula is C14H18N2S2. The minimum Gasteiger partial charge on any atom is -0.325 e. The van der Waals surface area contributed by atoms with E-state index in [0.29, 0.717) is 11.8 Å². The fourth-order valence-corrected chi connectivity index (χ4v) is 3.10. The van der Waals surface area contributed by atoms with Gasteiger partial charge >= 0.3 is 0 Å². The normalized spacial score (nSPS) is 11.1. The van der Waals surface area contributed by atoms with E-state index in [0.717, 1.165) is 16.5 Å². The second-order valence-corrected chi connectivity index (χ2v) is 6.83. The van der Waals surface area contributed by atoms with Crippen LogP contribution < -0.4 is 5.73 Å². The maximum absolute atomic E-state index is 5.57. The summed E-state index contributed by atoms with van der Waals surface area (Å²) in [7, 11) is 0. The summed E-state index contributed by atoms with van der Waals surface area (Å²) in [4.78, 5) is 4.49. The van der Waals surface area contributed by atoms with E-state index < -0.39 is 0 Å². The highest BCUT2D eigenvalue weighted by Crippen LogP contribution is 2.25. The molecule has 0 spiro atoms. The number of thioether (sulfide) groups is 1. The predicted octanol–water partition coefficient (Wildman–Crippen LogP) is 3.91. The molecule has 0 aliphatic carbocycles. The van der Waals surface area contributed by atoms with Gasteiger partial charge in [0, 0.05) is 23.2 Å². The first kappa shape index (κ1) is 13.6. The zero-order valence-corrected chi connectivity index (χ0v) is 12.4. The van der Waals surface area contributed by atoms with E-state index in [1.807, 2.05) is 17.1 Å². The van der Waals surface area contributed by atoms with E-state index in [-0.39, 0.29) is 0 Å². The van der Waals surface area contributed by atoms with Crippen molar-refractivity contribution in [2.24, 2.45) is 5.73 Å². The molecule has 0 fully saturated rings. The Balaban J connectivity index is 2.07. The van der Waals surface area contributed by atoms with Gasteiger partial charge in [-0.25, -0.2) is 4.98 Å². The molecule has 2 aromatic rings. The monoisotopic (exact) mass is 278 g/mol. The largest absolute Gasteiger partial charge is 0.325 e. The molecule has 0 aliphatic heterocycles. The van der Waals surface area contributed by atoms with Gasteiger partial charge in [0.1, 0.15) is 5.01 Å². The molecule has 0 saturated heterocycles. The van der Waals surface area contributed by atoms with Crippen molar-refractivity contribution in [2.75, 3.05) is 0 Å². The third-order valence-electron chi connectivity index (χ3n) is 2.55. The highest BCUT2D eigenvalue weighted by Gasteiger charge is 2.04. The van der Waals surface area contributed by atoms with Gasteiger partial charge in [0.15, 0.2) is 0 Å². The second-order valence-electron chi connectivity index (χ2n) is 4.40. The first-order valence-corrected chi connectivity index (χ1v) is 7.97. The Morgan fingerprint density at radius 3 is 2.56 bits per heavy atom. The van der Waals surface area contributed by atoms with Crippen LogP contribution in [0.4, 0.5) is 0 Å². The average molecular weight is 278 g/mol. The van der Waals surface area contributed by atoms with Crippen molar-refractivity contribution in [2.45, 2.75) is 31.4 Å². The first-order chi connectivity index (χ1) is 8.69. The van der Waals surface area contributed by atoms with E-state index in [4.69, 9.17) is 5.73 Å². The summed E-state index contributed by atoms with van der Waals surface area (Å²) >= 11 is 3.62. The molecular weight excluding hydrogens is 260 g/mol. The van der Waals surface area contributed by atoms with E-state index in [9.17, 15) is 0 Å². The first-order valence-electron chi connectivity index (χ1n) is 6.04. The molecule has 0 unspecified atom stereocenters. The van der Waals surface area contributed by atoms with Crippen LogP contribution in [0, 0.1) is 0 Å².